The topological polar surface area (TPSA) is 52.6 Å². The summed E-state index contributed by atoms with van der Waals surface area (Å²) in [6, 6.07) is 5.56. The molecule has 1 aromatic rings. The molecule has 0 radical (unpaired) electrons. The summed E-state index contributed by atoms with van der Waals surface area (Å²) in [6.45, 7) is 3.33. The van der Waals surface area contributed by atoms with Crippen LogP contribution in [0.25, 0.3) is 0 Å². The second-order valence-corrected chi connectivity index (χ2v) is 6.14. The van der Waals surface area contributed by atoms with E-state index in [1.807, 2.05) is 12.1 Å². The third kappa shape index (κ3) is 2.78. The van der Waals surface area contributed by atoms with Gasteiger partial charge in [0.1, 0.15) is 0 Å². The van der Waals surface area contributed by atoms with Crippen molar-refractivity contribution < 1.29 is 9.59 Å². The average Bonchev–Trinajstić information content (AvgIpc) is 2.76. The fraction of sp³-hybridized carbons (Fsp3) is 0.500. The predicted molar refractivity (Wildman–Crippen MR) is 82.9 cm³/mol. The molecule has 5 nitrogen and oxygen atoms in total. The lowest BCUT2D eigenvalue weighted by molar-refractivity contribution is -0.112. The van der Waals surface area contributed by atoms with Crippen LogP contribution in [-0.2, 0) is 4.79 Å². The van der Waals surface area contributed by atoms with Crippen molar-refractivity contribution in [1.82, 2.24) is 4.90 Å². The summed E-state index contributed by atoms with van der Waals surface area (Å²) in [4.78, 5) is 27.6. The Bertz CT molecular complexity index is 577. The highest BCUT2D eigenvalue weighted by atomic mass is 16.2. The Kier molecular flexibility index (Phi) is 3.68. The van der Waals surface area contributed by atoms with Crippen LogP contribution in [0.5, 0.6) is 0 Å². The summed E-state index contributed by atoms with van der Waals surface area (Å²) >= 11 is 0. The van der Waals surface area contributed by atoms with Gasteiger partial charge in [0.15, 0.2) is 0 Å². The molecule has 0 aliphatic carbocycles. The number of likely N-dealkylation sites (tertiary alicyclic amines) is 1. The summed E-state index contributed by atoms with van der Waals surface area (Å²) in [6.07, 6.45) is 2.45. The summed E-state index contributed by atoms with van der Waals surface area (Å²) in [7, 11) is 4.23. The number of anilines is 2. The number of Topliss-reactive ketones (excluding diaryl/α,β-unsaturated/α-hetero) is 1. The largest absolute Gasteiger partial charge is 0.374 e. The Morgan fingerprint density at radius 3 is 2.71 bits per heavy atom. The van der Waals surface area contributed by atoms with E-state index in [9.17, 15) is 9.59 Å². The van der Waals surface area contributed by atoms with Crippen molar-refractivity contribution in [3.63, 3.8) is 0 Å². The van der Waals surface area contributed by atoms with E-state index in [-0.39, 0.29) is 0 Å². The summed E-state index contributed by atoms with van der Waals surface area (Å²) < 4.78 is 0. The van der Waals surface area contributed by atoms with Gasteiger partial charge >= 0.3 is 0 Å². The number of ketones is 1. The van der Waals surface area contributed by atoms with Crippen LogP contribution in [0, 0.1) is 5.92 Å². The Morgan fingerprint density at radius 2 is 2.00 bits per heavy atom. The van der Waals surface area contributed by atoms with Crippen LogP contribution in [0.3, 0.4) is 0 Å². The maximum absolute atomic E-state index is 11.6. The molecule has 1 saturated heterocycles. The number of carbonyl (C=O) groups is 2. The number of rotatable bonds is 3. The molecule has 1 fully saturated rings. The van der Waals surface area contributed by atoms with Gasteiger partial charge in [0, 0.05) is 19.3 Å². The Hall–Kier alpha value is -1.88. The van der Waals surface area contributed by atoms with Crippen molar-refractivity contribution in [3.05, 3.63) is 23.8 Å². The fourth-order valence-electron chi connectivity index (χ4n) is 3.11. The Morgan fingerprint density at radius 1 is 1.29 bits per heavy atom. The minimum atomic E-state index is -0.528. The Balaban J connectivity index is 1.68. The van der Waals surface area contributed by atoms with Crippen LogP contribution >= 0.6 is 0 Å². The lowest BCUT2D eigenvalue weighted by atomic mass is 9.96. The van der Waals surface area contributed by atoms with Crippen LogP contribution in [0.2, 0.25) is 0 Å². The first kappa shape index (κ1) is 14.1. The predicted octanol–water partition coefficient (Wildman–Crippen LogP) is 1.60. The van der Waals surface area contributed by atoms with Gasteiger partial charge in [-0.15, -0.1) is 0 Å². The van der Waals surface area contributed by atoms with Gasteiger partial charge in [-0.1, -0.05) is 0 Å². The number of hydrogen-bond acceptors (Lipinski definition) is 4. The third-order valence-corrected chi connectivity index (χ3v) is 4.51. The number of amides is 1. The van der Waals surface area contributed by atoms with Crippen molar-refractivity contribution in [2.75, 3.05) is 43.9 Å². The molecule has 5 heteroatoms. The molecule has 2 aliphatic rings. The quantitative estimate of drug-likeness (QED) is 0.858. The van der Waals surface area contributed by atoms with Crippen molar-refractivity contribution in [2.24, 2.45) is 5.92 Å². The zero-order valence-electron chi connectivity index (χ0n) is 12.6. The van der Waals surface area contributed by atoms with Crippen LogP contribution in [0.15, 0.2) is 18.2 Å². The van der Waals surface area contributed by atoms with Crippen molar-refractivity contribution in [2.45, 2.75) is 12.8 Å². The lowest BCUT2D eigenvalue weighted by Crippen LogP contribution is -2.35. The molecular formula is C16H21N3O2. The molecule has 2 aliphatic heterocycles. The van der Waals surface area contributed by atoms with Crippen molar-refractivity contribution in [3.8, 4) is 0 Å². The van der Waals surface area contributed by atoms with Gasteiger partial charge in [-0.2, -0.15) is 0 Å². The lowest BCUT2D eigenvalue weighted by Gasteiger charge is -2.32. The van der Waals surface area contributed by atoms with E-state index in [1.54, 1.807) is 6.07 Å². The zero-order chi connectivity index (χ0) is 15.0. The second-order valence-electron chi connectivity index (χ2n) is 6.14. The SMILES string of the molecule is CN1CCC(CN(C)c2ccc3c(c2)NC(=O)C3=O)CC1. The van der Waals surface area contributed by atoms with E-state index in [2.05, 4.69) is 29.2 Å². The molecule has 0 unspecified atom stereocenters. The average molecular weight is 287 g/mol. The molecule has 0 spiro atoms. The van der Waals surface area contributed by atoms with Crippen LogP contribution in [0.4, 0.5) is 11.4 Å². The van der Waals surface area contributed by atoms with E-state index in [0.29, 0.717) is 17.2 Å². The van der Waals surface area contributed by atoms with E-state index < -0.39 is 11.7 Å². The van der Waals surface area contributed by atoms with Crippen LogP contribution < -0.4 is 10.2 Å². The zero-order valence-corrected chi connectivity index (χ0v) is 12.6. The normalized spacial score (nSPS) is 19.5. The summed E-state index contributed by atoms with van der Waals surface area (Å²) in [5.41, 5.74) is 2.16. The number of benzene rings is 1. The van der Waals surface area contributed by atoms with E-state index in [4.69, 9.17) is 0 Å². The van der Waals surface area contributed by atoms with Gasteiger partial charge in [0.2, 0.25) is 0 Å². The smallest absolute Gasteiger partial charge is 0.296 e. The number of nitrogens with one attached hydrogen (secondary N) is 1. The highest BCUT2D eigenvalue weighted by molar-refractivity contribution is 6.51. The molecule has 2 heterocycles. The highest BCUT2D eigenvalue weighted by Gasteiger charge is 2.28. The van der Waals surface area contributed by atoms with Crippen LogP contribution in [-0.4, -0.2) is 50.3 Å². The van der Waals surface area contributed by atoms with Gasteiger partial charge in [-0.25, -0.2) is 0 Å². The summed E-state index contributed by atoms with van der Waals surface area (Å²) in [5.74, 6) is -0.259. The number of nitrogens with zero attached hydrogens (tertiary/aromatic N) is 2. The number of carbonyl (C=O) groups excluding carboxylic acids is 2. The van der Waals surface area contributed by atoms with Gasteiger partial charge < -0.3 is 15.1 Å². The molecule has 1 N–H and O–H groups in total. The van der Waals surface area contributed by atoms with Gasteiger partial charge in [0.25, 0.3) is 11.7 Å². The number of hydrogen-bond donors (Lipinski definition) is 1. The molecule has 1 aromatic carbocycles. The first-order chi connectivity index (χ1) is 10.0. The minimum absolute atomic E-state index is 0.436. The first-order valence-electron chi connectivity index (χ1n) is 7.44. The van der Waals surface area contributed by atoms with E-state index in [1.165, 1.54) is 12.8 Å². The first-order valence-corrected chi connectivity index (χ1v) is 7.44. The Labute approximate surface area is 124 Å². The van der Waals surface area contributed by atoms with E-state index in [0.717, 1.165) is 25.3 Å². The minimum Gasteiger partial charge on any atom is -0.374 e. The number of piperidine rings is 1. The summed E-state index contributed by atoms with van der Waals surface area (Å²) in [5, 5.41) is 2.63. The molecule has 0 saturated carbocycles. The molecular weight excluding hydrogens is 266 g/mol. The maximum Gasteiger partial charge on any atom is 0.296 e. The van der Waals surface area contributed by atoms with E-state index >= 15 is 0 Å². The molecule has 0 bridgehead atoms. The molecule has 0 aromatic heterocycles. The van der Waals surface area contributed by atoms with Crippen molar-refractivity contribution in [1.29, 1.82) is 0 Å². The number of fused-ring (bicyclic) bond motifs is 1. The highest BCUT2D eigenvalue weighted by Crippen LogP contribution is 2.29. The standard InChI is InChI=1S/C16H21N3O2/c1-18-7-5-11(6-8-18)10-19(2)12-3-4-13-14(9-12)17-16(21)15(13)20/h3-4,9,11H,5-8,10H2,1-2H3,(H,17,20,21). The molecule has 3 rings (SSSR count). The van der Waals surface area contributed by atoms with Gasteiger partial charge in [-0.05, 0) is 57.1 Å². The maximum atomic E-state index is 11.6. The van der Waals surface area contributed by atoms with Crippen LogP contribution in [0.1, 0.15) is 23.2 Å². The van der Waals surface area contributed by atoms with Crippen molar-refractivity contribution >= 4 is 23.1 Å². The third-order valence-electron chi connectivity index (χ3n) is 4.51. The molecule has 112 valence electrons. The molecule has 21 heavy (non-hydrogen) atoms. The molecule has 1 amide bonds. The second kappa shape index (κ2) is 5.48. The molecule has 0 atom stereocenters. The van der Waals surface area contributed by atoms with Gasteiger partial charge in [0.05, 0.1) is 11.3 Å². The monoisotopic (exact) mass is 287 g/mol. The fourth-order valence-corrected chi connectivity index (χ4v) is 3.11. The van der Waals surface area contributed by atoms with Gasteiger partial charge in [-0.3, -0.25) is 9.59 Å².